The third kappa shape index (κ3) is 2.78. The molecule has 0 spiro atoms. The molecular weight excluding hydrogens is 268 g/mol. The topological polar surface area (TPSA) is 67.2 Å². The average Bonchev–Trinajstić information content (AvgIpc) is 2.93. The third-order valence-electron chi connectivity index (χ3n) is 3.81. The molecule has 2 aromatic heterocycles. The van der Waals surface area contributed by atoms with Crippen LogP contribution in [0.1, 0.15) is 18.7 Å². The number of aromatic nitrogens is 4. The highest BCUT2D eigenvalue weighted by atomic mass is 16.2. The minimum absolute atomic E-state index is 0.0821. The van der Waals surface area contributed by atoms with Crippen LogP contribution < -0.4 is 4.90 Å². The van der Waals surface area contributed by atoms with E-state index in [4.69, 9.17) is 0 Å². The van der Waals surface area contributed by atoms with E-state index in [-0.39, 0.29) is 11.9 Å². The van der Waals surface area contributed by atoms with Crippen molar-refractivity contribution in [3.63, 3.8) is 0 Å². The number of anilines is 1. The van der Waals surface area contributed by atoms with Gasteiger partial charge in [0.1, 0.15) is 0 Å². The van der Waals surface area contributed by atoms with Crippen LogP contribution in [-0.2, 0) is 11.8 Å². The van der Waals surface area contributed by atoms with Gasteiger partial charge in [-0.05, 0) is 6.92 Å². The summed E-state index contributed by atoms with van der Waals surface area (Å²) in [6, 6.07) is 0.0821. The molecule has 7 nitrogen and oxygen atoms in total. The maximum Gasteiger partial charge on any atom is 0.241 e. The molecule has 21 heavy (non-hydrogen) atoms. The fraction of sp³-hybridized carbons (Fsp3) is 0.429. The molecule has 1 atom stereocenters. The van der Waals surface area contributed by atoms with Gasteiger partial charge in [-0.2, -0.15) is 5.10 Å². The van der Waals surface area contributed by atoms with Gasteiger partial charge in [0.15, 0.2) is 0 Å². The Labute approximate surface area is 123 Å². The van der Waals surface area contributed by atoms with E-state index in [0.29, 0.717) is 13.1 Å². The number of carbonyl (C=O) groups excluding carboxylic acids is 1. The third-order valence-corrected chi connectivity index (χ3v) is 3.81. The fourth-order valence-electron chi connectivity index (χ4n) is 2.56. The average molecular weight is 286 g/mol. The second kappa shape index (κ2) is 5.61. The SMILES string of the molecule is C[C@H](c1cnccn1)N1CCN(c2cnn(C)c2)C(=O)C1. The lowest BCUT2D eigenvalue weighted by atomic mass is 10.1. The minimum atomic E-state index is 0.0821. The van der Waals surface area contributed by atoms with E-state index >= 15 is 0 Å². The molecule has 3 rings (SSSR count). The van der Waals surface area contributed by atoms with E-state index in [1.54, 1.807) is 34.4 Å². The summed E-state index contributed by atoms with van der Waals surface area (Å²) in [5.74, 6) is 0.0880. The summed E-state index contributed by atoms with van der Waals surface area (Å²) < 4.78 is 1.71. The van der Waals surface area contributed by atoms with E-state index in [9.17, 15) is 4.79 Å². The maximum absolute atomic E-state index is 12.4. The molecule has 1 aliphatic rings. The van der Waals surface area contributed by atoms with Gasteiger partial charge in [-0.25, -0.2) is 0 Å². The van der Waals surface area contributed by atoms with Crippen molar-refractivity contribution in [2.24, 2.45) is 7.05 Å². The lowest BCUT2D eigenvalue weighted by molar-refractivity contribution is -0.122. The normalized spacial score (nSPS) is 18.0. The summed E-state index contributed by atoms with van der Waals surface area (Å²) in [6.45, 7) is 3.90. The summed E-state index contributed by atoms with van der Waals surface area (Å²) in [5.41, 5.74) is 1.74. The number of hydrogen-bond acceptors (Lipinski definition) is 5. The number of piperazine rings is 1. The lowest BCUT2D eigenvalue weighted by Gasteiger charge is -2.36. The summed E-state index contributed by atoms with van der Waals surface area (Å²) in [7, 11) is 1.85. The summed E-state index contributed by atoms with van der Waals surface area (Å²) in [5, 5.41) is 4.12. The van der Waals surface area contributed by atoms with Crippen molar-refractivity contribution in [2.45, 2.75) is 13.0 Å². The van der Waals surface area contributed by atoms with Crippen LogP contribution in [0.2, 0.25) is 0 Å². The molecule has 7 heteroatoms. The Morgan fingerprint density at radius 1 is 1.24 bits per heavy atom. The van der Waals surface area contributed by atoms with Crippen LogP contribution in [0.25, 0.3) is 0 Å². The molecule has 0 unspecified atom stereocenters. The molecule has 0 bridgehead atoms. The Balaban J connectivity index is 1.70. The lowest BCUT2D eigenvalue weighted by Crippen LogP contribution is -2.51. The van der Waals surface area contributed by atoms with Gasteiger partial charge in [0.25, 0.3) is 0 Å². The predicted molar refractivity (Wildman–Crippen MR) is 77.6 cm³/mol. The first-order chi connectivity index (χ1) is 10.1. The minimum Gasteiger partial charge on any atom is -0.307 e. The van der Waals surface area contributed by atoms with Gasteiger partial charge in [0.2, 0.25) is 5.91 Å². The largest absolute Gasteiger partial charge is 0.307 e. The molecule has 1 saturated heterocycles. The first kappa shape index (κ1) is 13.7. The summed E-state index contributed by atoms with van der Waals surface area (Å²) in [6.07, 6.45) is 8.67. The van der Waals surface area contributed by atoms with E-state index in [1.165, 1.54) is 0 Å². The molecule has 0 aromatic carbocycles. The quantitative estimate of drug-likeness (QED) is 0.827. The number of nitrogens with zero attached hydrogens (tertiary/aromatic N) is 6. The molecule has 1 amide bonds. The Morgan fingerprint density at radius 3 is 2.71 bits per heavy atom. The van der Waals surface area contributed by atoms with Crippen LogP contribution in [0.3, 0.4) is 0 Å². The number of rotatable bonds is 3. The van der Waals surface area contributed by atoms with Crippen LogP contribution >= 0.6 is 0 Å². The van der Waals surface area contributed by atoms with Gasteiger partial charge in [-0.1, -0.05) is 0 Å². The molecule has 1 fully saturated rings. The fourth-order valence-corrected chi connectivity index (χ4v) is 2.56. The van der Waals surface area contributed by atoms with Crippen LogP contribution in [0.4, 0.5) is 5.69 Å². The van der Waals surface area contributed by atoms with E-state index in [0.717, 1.165) is 17.9 Å². The molecule has 110 valence electrons. The van der Waals surface area contributed by atoms with E-state index < -0.39 is 0 Å². The number of amides is 1. The van der Waals surface area contributed by atoms with Gasteiger partial charge in [0.05, 0.1) is 30.2 Å². The van der Waals surface area contributed by atoms with Crippen molar-refractivity contribution in [1.29, 1.82) is 0 Å². The second-order valence-electron chi connectivity index (χ2n) is 5.19. The zero-order chi connectivity index (χ0) is 14.8. The maximum atomic E-state index is 12.4. The van der Waals surface area contributed by atoms with Gasteiger partial charge >= 0.3 is 0 Å². The Bertz CT molecular complexity index is 625. The summed E-state index contributed by atoms with van der Waals surface area (Å²) >= 11 is 0. The van der Waals surface area contributed by atoms with Crippen molar-refractivity contribution in [3.05, 3.63) is 36.7 Å². The van der Waals surface area contributed by atoms with Gasteiger partial charge in [-0.15, -0.1) is 0 Å². The van der Waals surface area contributed by atoms with Crippen LogP contribution in [-0.4, -0.2) is 50.2 Å². The van der Waals surface area contributed by atoms with E-state index in [2.05, 4.69) is 26.9 Å². The number of aryl methyl sites for hydroxylation is 1. The molecule has 1 aliphatic heterocycles. The molecule has 0 aliphatic carbocycles. The Morgan fingerprint density at radius 2 is 2.10 bits per heavy atom. The number of carbonyl (C=O) groups is 1. The zero-order valence-corrected chi connectivity index (χ0v) is 12.2. The number of hydrogen-bond donors (Lipinski definition) is 0. The van der Waals surface area contributed by atoms with Crippen molar-refractivity contribution in [1.82, 2.24) is 24.6 Å². The van der Waals surface area contributed by atoms with Crippen molar-refractivity contribution in [3.8, 4) is 0 Å². The van der Waals surface area contributed by atoms with Gasteiger partial charge in [-0.3, -0.25) is 24.3 Å². The molecule has 3 heterocycles. The molecule has 2 aromatic rings. The highest BCUT2D eigenvalue weighted by Crippen LogP contribution is 2.22. The predicted octanol–water partition coefficient (Wildman–Crippen LogP) is 0.620. The monoisotopic (exact) mass is 286 g/mol. The van der Waals surface area contributed by atoms with Gasteiger partial charge < -0.3 is 4.90 Å². The van der Waals surface area contributed by atoms with Crippen LogP contribution in [0, 0.1) is 0 Å². The highest BCUT2D eigenvalue weighted by Gasteiger charge is 2.29. The first-order valence-electron chi connectivity index (χ1n) is 6.94. The first-order valence-corrected chi connectivity index (χ1v) is 6.94. The second-order valence-corrected chi connectivity index (χ2v) is 5.19. The molecule has 0 radical (unpaired) electrons. The molecular formula is C14H18N6O. The Hall–Kier alpha value is -2.28. The smallest absolute Gasteiger partial charge is 0.241 e. The standard InChI is InChI=1S/C14H18N6O/c1-11(13-8-15-3-4-16-13)19-5-6-20(14(21)10-19)12-7-17-18(2)9-12/h3-4,7-9,11H,5-6,10H2,1-2H3/t11-/m1/s1. The van der Waals surface area contributed by atoms with Crippen LogP contribution in [0.15, 0.2) is 31.0 Å². The summed E-state index contributed by atoms with van der Waals surface area (Å²) in [4.78, 5) is 24.7. The molecule has 0 saturated carbocycles. The molecule has 0 N–H and O–H groups in total. The Kier molecular flexibility index (Phi) is 3.66. The van der Waals surface area contributed by atoms with Crippen molar-refractivity contribution in [2.75, 3.05) is 24.5 Å². The van der Waals surface area contributed by atoms with Crippen molar-refractivity contribution < 1.29 is 4.79 Å². The zero-order valence-electron chi connectivity index (χ0n) is 12.2. The van der Waals surface area contributed by atoms with Crippen molar-refractivity contribution >= 4 is 11.6 Å². The van der Waals surface area contributed by atoms with E-state index in [1.807, 2.05) is 13.2 Å². The highest BCUT2D eigenvalue weighted by molar-refractivity contribution is 5.95. The van der Waals surface area contributed by atoms with Crippen LogP contribution in [0.5, 0.6) is 0 Å². The van der Waals surface area contributed by atoms with Gasteiger partial charge in [0, 0.05) is 44.9 Å².